The molecular formula is C13H17N3O. The van der Waals surface area contributed by atoms with Crippen molar-refractivity contribution in [1.82, 2.24) is 4.98 Å². The van der Waals surface area contributed by atoms with Crippen LogP contribution in [0.4, 0.5) is 11.5 Å². The average Bonchev–Trinajstić information content (AvgIpc) is 2.35. The summed E-state index contributed by atoms with van der Waals surface area (Å²) in [4.78, 5) is 4.33. The first kappa shape index (κ1) is 11.7. The second kappa shape index (κ2) is 5.01. The first-order valence-corrected chi connectivity index (χ1v) is 5.60. The number of fused-ring (bicyclic) bond motifs is 1. The summed E-state index contributed by atoms with van der Waals surface area (Å²) in [6, 6.07) is 6.00. The number of methoxy groups -OCH3 is 1. The molecule has 0 saturated heterocycles. The summed E-state index contributed by atoms with van der Waals surface area (Å²) in [5.41, 5.74) is 7.97. The van der Waals surface area contributed by atoms with Crippen molar-refractivity contribution in [1.29, 1.82) is 0 Å². The van der Waals surface area contributed by atoms with Crippen LogP contribution in [0.3, 0.4) is 0 Å². The Morgan fingerprint density at radius 1 is 1.29 bits per heavy atom. The van der Waals surface area contributed by atoms with Gasteiger partial charge in [-0.15, -0.1) is 0 Å². The van der Waals surface area contributed by atoms with Crippen LogP contribution in [0.2, 0.25) is 0 Å². The van der Waals surface area contributed by atoms with Crippen molar-refractivity contribution in [2.75, 3.05) is 31.3 Å². The molecule has 0 unspecified atom stereocenters. The number of ether oxygens (including phenoxy) is 1. The lowest BCUT2D eigenvalue weighted by atomic mass is 10.1. The second-order valence-corrected chi connectivity index (χ2v) is 3.97. The molecule has 0 fully saturated rings. The van der Waals surface area contributed by atoms with Gasteiger partial charge in [-0.05, 0) is 18.6 Å². The fraction of sp³-hybridized carbons (Fsp3) is 0.308. The zero-order chi connectivity index (χ0) is 12.3. The van der Waals surface area contributed by atoms with Gasteiger partial charge in [0, 0.05) is 36.3 Å². The van der Waals surface area contributed by atoms with Crippen molar-refractivity contribution >= 4 is 22.3 Å². The summed E-state index contributed by atoms with van der Waals surface area (Å²) in [7, 11) is 1.68. The molecule has 3 N–H and O–H groups in total. The minimum absolute atomic E-state index is 0.652. The lowest BCUT2D eigenvalue weighted by Crippen LogP contribution is -2.09. The lowest BCUT2D eigenvalue weighted by molar-refractivity contribution is 0.210. The van der Waals surface area contributed by atoms with E-state index in [4.69, 9.17) is 10.5 Å². The zero-order valence-electron chi connectivity index (χ0n) is 10.2. The molecule has 2 rings (SSSR count). The van der Waals surface area contributed by atoms with Crippen LogP contribution in [0.25, 0.3) is 10.8 Å². The van der Waals surface area contributed by atoms with Crippen LogP contribution in [0.15, 0.2) is 24.4 Å². The maximum Gasteiger partial charge on any atom is 0.133 e. The molecule has 4 heteroatoms. The van der Waals surface area contributed by atoms with Gasteiger partial charge in [0.25, 0.3) is 0 Å². The van der Waals surface area contributed by atoms with E-state index in [0.29, 0.717) is 6.61 Å². The van der Waals surface area contributed by atoms with Gasteiger partial charge < -0.3 is 15.8 Å². The Hall–Kier alpha value is -1.81. The minimum atomic E-state index is 0.652. The van der Waals surface area contributed by atoms with Gasteiger partial charge in [0.2, 0.25) is 0 Å². The number of pyridine rings is 1. The van der Waals surface area contributed by atoms with Crippen molar-refractivity contribution in [3.8, 4) is 0 Å². The number of nitrogens with one attached hydrogen (secondary N) is 1. The molecule has 0 aliphatic rings. The summed E-state index contributed by atoms with van der Waals surface area (Å²) in [5.74, 6) is 0.853. The molecule has 17 heavy (non-hydrogen) atoms. The highest BCUT2D eigenvalue weighted by Crippen LogP contribution is 2.28. The van der Waals surface area contributed by atoms with Crippen LogP contribution < -0.4 is 11.1 Å². The third kappa shape index (κ3) is 2.31. The molecule has 1 heterocycles. The Balaban J connectivity index is 2.40. The minimum Gasteiger partial charge on any atom is -0.398 e. The van der Waals surface area contributed by atoms with Crippen LogP contribution in [0, 0.1) is 6.92 Å². The van der Waals surface area contributed by atoms with Crippen LogP contribution in [0.5, 0.6) is 0 Å². The van der Waals surface area contributed by atoms with E-state index in [1.54, 1.807) is 13.3 Å². The summed E-state index contributed by atoms with van der Waals surface area (Å²) < 4.78 is 5.00. The fourth-order valence-electron chi connectivity index (χ4n) is 1.80. The quantitative estimate of drug-likeness (QED) is 0.625. The van der Waals surface area contributed by atoms with Crippen LogP contribution in [-0.2, 0) is 4.74 Å². The van der Waals surface area contributed by atoms with Crippen molar-refractivity contribution in [3.05, 3.63) is 30.0 Å². The van der Waals surface area contributed by atoms with E-state index >= 15 is 0 Å². The molecule has 0 radical (unpaired) electrons. The van der Waals surface area contributed by atoms with E-state index in [9.17, 15) is 0 Å². The van der Waals surface area contributed by atoms with Crippen LogP contribution in [-0.4, -0.2) is 25.2 Å². The lowest BCUT2D eigenvalue weighted by Gasteiger charge is -2.10. The van der Waals surface area contributed by atoms with Crippen LogP contribution >= 0.6 is 0 Å². The molecule has 0 aliphatic heterocycles. The smallest absolute Gasteiger partial charge is 0.133 e. The van der Waals surface area contributed by atoms with Gasteiger partial charge >= 0.3 is 0 Å². The molecule has 90 valence electrons. The Morgan fingerprint density at radius 3 is 2.88 bits per heavy atom. The van der Waals surface area contributed by atoms with Crippen molar-refractivity contribution < 1.29 is 4.74 Å². The normalized spacial score (nSPS) is 10.7. The summed E-state index contributed by atoms with van der Waals surface area (Å²) in [6.07, 6.45) is 1.77. The van der Waals surface area contributed by atoms with E-state index in [-0.39, 0.29) is 0 Å². The number of hydrogen-bond donors (Lipinski definition) is 2. The predicted octanol–water partition coefficient (Wildman–Crippen LogP) is 2.18. The predicted molar refractivity (Wildman–Crippen MR) is 71.3 cm³/mol. The van der Waals surface area contributed by atoms with Crippen molar-refractivity contribution in [2.24, 2.45) is 0 Å². The number of anilines is 2. The molecule has 2 aromatic rings. The topological polar surface area (TPSA) is 60.2 Å². The molecule has 1 aromatic carbocycles. The first-order chi connectivity index (χ1) is 8.24. The number of nitrogens with zero attached hydrogens (tertiary/aromatic N) is 1. The largest absolute Gasteiger partial charge is 0.398 e. The van der Waals surface area contributed by atoms with E-state index in [1.165, 1.54) is 0 Å². The number of rotatable bonds is 4. The number of hydrogen-bond acceptors (Lipinski definition) is 4. The summed E-state index contributed by atoms with van der Waals surface area (Å²) in [5, 5.41) is 5.33. The second-order valence-electron chi connectivity index (χ2n) is 3.97. The highest BCUT2D eigenvalue weighted by Gasteiger charge is 2.05. The van der Waals surface area contributed by atoms with E-state index in [0.717, 1.165) is 34.4 Å². The van der Waals surface area contributed by atoms with E-state index < -0.39 is 0 Å². The molecule has 0 spiro atoms. The zero-order valence-corrected chi connectivity index (χ0v) is 10.2. The molecule has 0 saturated carbocycles. The molecule has 4 nitrogen and oxygen atoms in total. The SMILES string of the molecule is COCCNc1nccc2c(N)c(C)ccc12. The Morgan fingerprint density at radius 2 is 2.12 bits per heavy atom. The monoisotopic (exact) mass is 231 g/mol. The molecule has 0 aliphatic carbocycles. The van der Waals surface area contributed by atoms with Gasteiger partial charge in [0.1, 0.15) is 5.82 Å². The Bertz CT molecular complexity index is 525. The molecule has 0 bridgehead atoms. The third-order valence-electron chi connectivity index (χ3n) is 2.80. The van der Waals surface area contributed by atoms with Crippen molar-refractivity contribution in [2.45, 2.75) is 6.92 Å². The Kier molecular flexibility index (Phi) is 3.44. The van der Waals surface area contributed by atoms with Gasteiger partial charge in [0.05, 0.1) is 6.61 Å². The third-order valence-corrected chi connectivity index (χ3v) is 2.80. The maximum absolute atomic E-state index is 6.06. The molecule has 1 aromatic heterocycles. The van der Waals surface area contributed by atoms with Gasteiger partial charge in [-0.1, -0.05) is 12.1 Å². The number of nitrogen functional groups attached to an aromatic ring is 1. The average molecular weight is 231 g/mol. The highest BCUT2D eigenvalue weighted by atomic mass is 16.5. The fourth-order valence-corrected chi connectivity index (χ4v) is 1.80. The van der Waals surface area contributed by atoms with Gasteiger partial charge in [-0.25, -0.2) is 4.98 Å². The Labute approximate surface area is 101 Å². The standard InChI is InChI=1S/C13H17N3O/c1-9-3-4-11-10(12(9)14)5-6-15-13(11)16-7-8-17-2/h3-6H,7-8,14H2,1-2H3,(H,15,16). The van der Waals surface area contributed by atoms with Crippen molar-refractivity contribution in [3.63, 3.8) is 0 Å². The van der Waals surface area contributed by atoms with Crippen LogP contribution in [0.1, 0.15) is 5.56 Å². The molecule has 0 amide bonds. The van der Waals surface area contributed by atoms with Gasteiger partial charge in [0.15, 0.2) is 0 Å². The highest BCUT2D eigenvalue weighted by molar-refractivity contribution is 6.00. The first-order valence-electron chi connectivity index (χ1n) is 5.60. The number of benzene rings is 1. The van der Waals surface area contributed by atoms with E-state index in [1.807, 2.05) is 25.1 Å². The number of aromatic nitrogens is 1. The summed E-state index contributed by atoms with van der Waals surface area (Å²) in [6.45, 7) is 3.39. The van der Waals surface area contributed by atoms with E-state index in [2.05, 4.69) is 10.3 Å². The number of nitrogens with two attached hydrogens (primary N) is 1. The van der Waals surface area contributed by atoms with Gasteiger partial charge in [-0.3, -0.25) is 0 Å². The van der Waals surface area contributed by atoms with Gasteiger partial charge in [-0.2, -0.15) is 0 Å². The summed E-state index contributed by atoms with van der Waals surface area (Å²) >= 11 is 0. The molecule has 0 atom stereocenters. The number of aryl methyl sites for hydroxylation is 1. The maximum atomic E-state index is 6.06. The molecular weight excluding hydrogens is 214 g/mol.